The molecule has 4 nitrogen and oxygen atoms in total. The molecule has 0 aromatic heterocycles. The van der Waals surface area contributed by atoms with Crippen LogP contribution in [-0.2, 0) is 11.3 Å². The van der Waals surface area contributed by atoms with Crippen LogP contribution in [0.1, 0.15) is 31.7 Å². The van der Waals surface area contributed by atoms with Gasteiger partial charge in [0.2, 0.25) is 0 Å². The highest BCUT2D eigenvalue weighted by Gasteiger charge is 2.33. The summed E-state index contributed by atoms with van der Waals surface area (Å²) in [6.07, 6.45) is 1.68. The van der Waals surface area contributed by atoms with Crippen molar-refractivity contribution in [3.63, 3.8) is 0 Å². The van der Waals surface area contributed by atoms with Crippen molar-refractivity contribution in [1.29, 1.82) is 0 Å². The number of hydrogen-bond acceptors (Lipinski definition) is 3. The molecule has 1 aliphatic rings. The van der Waals surface area contributed by atoms with Crippen LogP contribution in [-0.4, -0.2) is 34.8 Å². The van der Waals surface area contributed by atoms with Gasteiger partial charge in [0.05, 0.1) is 12.1 Å². The fraction of sp³-hybridized carbons (Fsp3) is 0.533. The van der Waals surface area contributed by atoms with Crippen molar-refractivity contribution in [3.05, 3.63) is 35.9 Å². The number of likely N-dealkylation sites (tertiary alicyclic amines) is 1. The van der Waals surface area contributed by atoms with Gasteiger partial charge in [0.15, 0.2) is 0 Å². The minimum absolute atomic E-state index is 0.0896. The molecule has 2 atom stereocenters. The Hall–Kier alpha value is -1.55. The van der Waals surface area contributed by atoms with E-state index < -0.39 is 6.10 Å². The Balaban J connectivity index is 1.89. The Morgan fingerprint density at radius 3 is 2.89 bits per heavy atom. The molecule has 0 spiro atoms. The second-order valence-corrected chi connectivity index (χ2v) is 4.92. The molecule has 1 saturated heterocycles. The predicted molar refractivity (Wildman–Crippen MR) is 72.7 cm³/mol. The van der Waals surface area contributed by atoms with Gasteiger partial charge in [0.25, 0.3) is 0 Å². The molecule has 1 N–H and O–H groups in total. The van der Waals surface area contributed by atoms with Gasteiger partial charge in [-0.05, 0) is 24.8 Å². The summed E-state index contributed by atoms with van der Waals surface area (Å²) in [4.78, 5) is 13.7. The maximum atomic E-state index is 12.0. The second-order valence-electron chi connectivity index (χ2n) is 4.92. The largest absolute Gasteiger partial charge is 0.445 e. The number of aliphatic hydroxyl groups excluding tert-OH is 1. The summed E-state index contributed by atoms with van der Waals surface area (Å²) in [5.41, 5.74) is 0.975. The zero-order valence-electron chi connectivity index (χ0n) is 11.3. The van der Waals surface area contributed by atoms with Crippen LogP contribution in [0.3, 0.4) is 0 Å². The van der Waals surface area contributed by atoms with Crippen LogP contribution < -0.4 is 0 Å². The molecular formula is C15H21NO3. The van der Waals surface area contributed by atoms with Crippen LogP contribution in [0.4, 0.5) is 4.79 Å². The highest BCUT2D eigenvalue weighted by atomic mass is 16.6. The third kappa shape index (κ3) is 3.47. The van der Waals surface area contributed by atoms with Crippen molar-refractivity contribution in [3.8, 4) is 0 Å². The molecule has 1 aromatic carbocycles. The van der Waals surface area contributed by atoms with Gasteiger partial charge in [-0.25, -0.2) is 4.79 Å². The Bertz CT molecular complexity index is 407. The normalized spacial score (nSPS) is 20.3. The first-order valence-electron chi connectivity index (χ1n) is 6.87. The van der Waals surface area contributed by atoms with E-state index >= 15 is 0 Å². The van der Waals surface area contributed by atoms with Crippen molar-refractivity contribution in [2.24, 2.45) is 0 Å². The zero-order valence-corrected chi connectivity index (χ0v) is 11.3. The number of benzene rings is 1. The number of ether oxygens (including phenoxy) is 1. The molecular weight excluding hydrogens is 242 g/mol. The predicted octanol–water partition coefficient (Wildman–Crippen LogP) is 2.56. The first-order valence-corrected chi connectivity index (χ1v) is 6.87. The minimum Gasteiger partial charge on any atom is -0.445 e. The number of nitrogens with zero attached hydrogens (tertiary/aromatic N) is 1. The molecule has 2 unspecified atom stereocenters. The van der Waals surface area contributed by atoms with Gasteiger partial charge in [-0.1, -0.05) is 37.3 Å². The maximum absolute atomic E-state index is 12.0. The summed E-state index contributed by atoms with van der Waals surface area (Å²) in [6, 6.07) is 9.53. The Morgan fingerprint density at radius 1 is 1.47 bits per heavy atom. The number of aliphatic hydroxyl groups is 1. The van der Waals surface area contributed by atoms with Crippen molar-refractivity contribution >= 4 is 6.09 Å². The van der Waals surface area contributed by atoms with Crippen molar-refractivity contribution in [2.45, 2.75) is 44.9 Å². The van der Waals surface area contributed by atoms with Gasteiger partial charge in [-0.3, -0.25) is 0 Å². The van der Waals surface area contributed by atoms with Gasteiger partial charge in [0, 0.05) is 6.54 Å². The lowest BCUT2D eigenvalue weighted by molar-refractivity contribution is 0.0468. The Kier molecular flexibility index (Phi) is 4.80. The Morgan fingerprint density at radius 2 is 2.21 bits per heavy atom. The molecule has 0 aliphatic carbocycles. The lowest BCUT2D eigenvalue weighted by Gasteiger charge is -2.27. The monoisotopic (exact) mass is 263 g/mol. The highest BCUT2D eigenvalue weighted by Crippen LogP contribution is 2.22. The number of hydrogen-bond donors (Lipinski definition) is 1. The molecule has 1 amide bonds. The molecule has 1 aliphatic heterocycles. The van der Waals surface area contributed by atoms with Gasteiger partial charge in [-0.2, -0.15) is 0 Å². The summed E-state index contributed by atoms with van der Waals surface area (Å²) < 4.78 is 5.31. The Labute approximate surface area is 114 Å². The summed E-state index contributed by atoms with van der Waals surface area (Å²) in [6.45, 7) is 2.89. The van der Waals surface area contributed by atoms with E-state index in [1.165, 1.54) is 0 Å². The van der Waals surface area contributed by atoms with Crippen LogP contribution >= 0.6 is 0 Å². The van der Waals surface area contributed by atoms with Gasteiger partial charge >= 0.3 is 6.09 Å². The van der Waals surface area contributed by atoms with Crippen LogP contribution in [0.15, 0.2) is 30.3 Å². The number of rotatable bonds is 4. The topological polar surface area (TPSA) is 49.8 Å². The molecule has 1 heterocycles. The summed E-state index contributed by atoms with van der Waals surface area (Å²) in [5, 5.41) is 9.91. The van der Waals surface area contributed by atoms with Crippen LogP contribution in [0.5, 0.6) is 0 Å². The fourth-order valence-corrected chi connectivity index (χ4v) is 2.49. The fourth-order valence-electron chi connectivity index (χ4n) is 2.49. The lowest BCUT2D eigenvalue weighted by atomic mass is 10.1. The van der Waals surface area contributed by atoms with Crippen LogP contribution in [0, 0.1) is 0 Å². The van der Waals surface area contributed by atoms with Crippen LogP contribution in [0.2, 0.25) is 0 Å². The van der Waals surface area contributed by atoms with Crippen molar-refractivity contribution < 1.29 is 14.6 Å². The molecule has 4 heteroatoms. The summed E-state index contributed by atoms with van der Waals surface area (Å²) in [7, 11) is 0. The standard InChI is InChI=1S/C15H21NO3/c1-2-14(17)13-9-6-10-16(13)15(18)19-11-12-7-4-3-5-8-12/h3-5,7-8,13-14,17H,2,6,9-11H2,1H3. The highest BCUT2D eigenvalue weighted by molar-refractivity contribution is 5.68. The summed E-state index contributed by atoms with van der Waals surface area (Å²) >= 11 is 0. The molecule has 19 heavy (non-hydrogen) atoms. The molecule has 0 radical (unpaired) electrons. The van der Waals surface area contributed by atoms with Gasteiger partial charge < -0.3 is 14.7 Å². The number of carbonyl (C=O) groups excluding carboxylic acids is 1. The van der Waals surface area contributed by atoms with E-state index in [0.29, 0.717) is 13.0 Å². The van der Waals surface area contributed by atoms with E-state index in [9.17, 15) is 9.90 Å². The van der Waals surface area contributed by atoms with E-state index in [1.807, 2.05) is 37.3 Å². The van der Waals surface area contributed by atoms with E-state index in [2.05, 4.69) is 0 Å². The second kappa shape index (κ2) is 6.57. The minimum atomic E-state index is -0.452. The quantitative estimate of drug-likeness (QED) is 0.908. The van der Waals surface area contributed by atoms with E-state index in [-0.39, 0.29) is 18.7 Å². The maximum Gasteiger partial charge on any atom is 0.410 e. The number of carbonyl (C=O) groups is 1. The molecule has 1 aromatic rings. The van der Waals surface area contributed by atoms with Crippen molar-refractivity contribution in [1.82, 2.24) is 4.90 Å². The first kappa shape index (κ1) is 13.9. The molecule has 1 fully saturated rings. The van der Waals surface area contributed by atoms with Gasteiger partial charge in [0.1, 0.15) is 6.61 Å². The van der Waals surface area contributed by atoms with Crippen molar-refractivity contribution in [2.75, 3.05) is 6.54 Å². The molecule has 2 rings (SSSR count). The zero-order chi connectivity index (χ0) is 13.7. The third-order valence-corrected chi connectivity index (χ3v) is 3.60. The van der Waals surface area contributed by atoms with Gasteiger partial charge in [-0.15, -0.1) is 0 Å². The third-order valence-electron chi connectivity index (χ3n) is 3.60. The number of amides is 1. The lowest BCUT2D eigenvalue weighted by Crippen LogP contribution is -2.42. The van der Waals surface area contributed by atoms with Crippen LogP contribution in [0.25, 0.3) is 0 Å². The first-order chi connectivity index (χ1) is 9.22. The average Bonchev–Trinajstić information content (AvgIpc) is 2.94. The van der Waals surface area contributed by atoms with E-state index in [4.69, 9.17) is 4.74 Å². The average molecular weight is 263 g/mol. The SMILES string of the molecule is CCC(O)C1CCCN1C(=O)OCc1ccccc1. The molecule has 0 saturated carbocycles. The summed E-state index contributed by atoms with van der Waals surface area (Å²) in [5.74, 6) is 0. The molecule has 104 valence electrons. The van der Waals surface area contributed by atoms with E-state index in [0.717, 1.165) is 18.4 Å². The van der Waals surface area contributed by atoms with E-state index in [1.54, 1.807) is 4.90 Å². The molecule has 0 bridgehead atoms. The smallest absolute Gasteiger partial charge is 0.410 e.